The number of nitrogens with one attached hydrogen (secondary N) is 2. The van der Waals surface area contributed by atoms with Gasteiger partial charge in [0, 0.05) is 40.5 Å². The van der Waals surface area contributed by atoms with E-state index in [0.29, 0.717) is 29.1 Å². The molecule has 0 aliphatic rings. The Morgan fingerprint density at radius 3 is 2.58 bits per heavy atom. The summed E-state index contributed by atoms with van der Waals surface area (Å²) in [7, 11) is 0. The number of rotatable bonds is 8. The summed E-state index contributed by atoms with van der Waals surface area (Å²) < 4.78 is 1.98. The van der Waals surface area contributed by atoms with E-state index in [1.165, 1.54) is 0 Å². The van der Waals surface area contributed by atoms with E-state index in [1.807, 2.05) is 71.4 Å². The molecule has 5 aromatic rings. The summed E-state index contributed by atoms with van der Waals surface area (Å²) in [5, 5.41) is 5.78. The van der Waals surface area contributed by atoms with Crippen LogP contribution in [-0.4, -0.2) is 26.2 Å². The molecule has 0 fully saturated rings. The Labute approximate surface area is 212 Å². The van der Waals surface area contributed by atoms with E-state index in [0.717, 1.165) is 21.9 Å². The lowest BCUT2D eigenvalue weighted by molar-refractivity contribution is 0.0949. The second kappa shape index (κ2) is 10.9. The molecule has 0 saturated heterocycles. The lowest BCUT2D eigenvalue weighted by Crippen LogP contribution is -2.23. The van der Waals surface area contributed by atoms with Crippen molar-refractivity contribution in [2.45, 2.75) is 17.2 Å². The van der Waals surface area contributed by atoms with E-state index >= 15 is 0 Å². The van der Waals surface area contributed by atoms with Crippen LogP contribution in [0.5, 0.6) is 0 Å². The van der Waals surface area contributed by atoms with Crippen LogP contribution in [0.25, 0.3) is 5.65 Å². The van der Waals surface area contributed by atoms with Crippen molar-refractivity contribution in [3.05, 3.63) is 126 Å². The van der Waals surface area contributed by atoms with Gasteiger partial charge in [0.1, 0.15) is 5.65 Å². The molecule has 0 radical (unpaired) electrons. The molecule has 2 amide bonds. The zero-order valence-electron chi connectivity index (χ0n) is 19.3. The smallest absolute Gasteiger partial charge is 0.256 e. The van der Waals surface area contributed by atoms with E-state index in [4.69, 9.17) is 0 Å². The molecule has 3 aromatic heterocycles. The van der Waals surface area contributed by atoms with E-state index in [9.17, 15) is 9.59 Å². The number of thioether (sulfide) groups is 1. The standard InChI is InChI=1S/C28H23N5O2S/c34-27(30-17-22-9-3-5-14-29-22)20-8-7-10-21(16-20)32-28(35)24-11-1-2-12-25(24)36-19-23-18-33-15-6-4-13-26(33)31-23/h1-16,18H,17,19H2,(H,30,34)(H,32,35). The van der Waals surface area contributed by atoms with Crippen LogP contribution < -0.4 is 10.6 Å². The fourth-order valence-electron chi connectivity index (χ4n) is 3.70. The predicted molar refractivity (Wildman–Crippen MR) is 141 cm³/mol. The number of nitrogens with zero attached hydrogens (tertiary/aromatic N) is 3. The largest absolute Gasteiger partial charge is 0.346 e. The second-order valence-electron chi connectivity index (χ2n) is 8.02. The van der Waals surface area contributed by atoms with E-state index in [-0.39, 0.29) is 11.8 Å². The fourth-order valence-corrected chi connectivity index (χ4v) is 4.63. The summed E-state index contributed by atoms with van der Waals surface area (Å²) in [5.41, 5.74) is 4.17. The number of hydrogen-bond donors (Lipinski definition) is 2. The molecular weight excluding hydrogens is 470 g/mol. The number of benzene rings is 2. The normalized spacial score (nSPS) is 10.8. The topological polar surface area (TPSA) is 88.4 Å². The maximum atomic E-state index is 13.1. The lowest BCUT2D eigenvalue weighted by Gasteiger charge is -2.11. The van der Waals surface area contributed by atoms with Gasteiger partial charge in [0.25, 0.3) is 11.8 Å². The summed E-state index contributed by atoms with van der Waals surface area (Å²) in [5.74, 6) is 0.164. The van der Waals surface area contributed by atoms with Crippen molar-refractivity contribution in [2.24, 2.45) is 0 Å². The average Bonchev–Trinajstić information content (AvgIpc) is 3.34. The molecule has 2 aromatic carbocycles. The summed E-state index contributed by atoms with van der Waals surface area (Å²) in [4.78, 5) is 35.4. The van der Waals surface area contributed by atoms with Crippen molar-refractivity contribution in [3.63, 3.8) is 0 Å². The number of carbonyl (C=O) groups excluding carboxylic acids is 2. The first kappa shape index (κ1) is 23.3. The summed E-state index contributed by atoms with van der Waals surface area (Å²) in [6.45, 7) is 0.327. The molecule has 0 spiro atoms. The molecular formula is C28H23N5O2S. The third kappa shape index (κ3) is 5.61. The number of anilines is 1. The Kier molecular flexibility index (Phi) is 7.05. The number of pyridine rings is 2. The van der Waals surface area contributed by atoms with Gasteiger partial charge in [-0.2, -0.15) is 0 Å². The molecule has 36 heavy (non-hydrogen) atoms. The number of fused-ring (bicyclic) bond motifs is 1. The first-order valence-corrected chi connectivity index (χ1v) is 12.4. The molecule has 178 valence electrons. The van der Waals surface area contributed by atoms with Crippen LogP contribution in [0.15, 0.2) is 108 Å². The Morgan fingerprint density at radius 1 is 0.861 bits per heavy atom. The van der Waals surface area contributed by atoms with Gasteiger partial charge in [-0.3, -0.25) is 14.6 Å². The van der Waals surface area contributed by atoms with Gasteiger partial charge in [-0.25, -0.2) is 4.98 Å². The Morgan fingerprint density at radius 2 is 1.72 bits per heavy atom. The lowest BCUT2D eigenvalue weighted by atomic mass is 10.1. The Bertz CT molecular complexity index is 1480. The van der Waals surface area contributed by atoms with E-state index in [2.05, 4.69) is 20.6 Å². The van der Waals surface area contributed by atoms with Crippen molar-refractivity contribution in [3.8, 4) is 0 Å². The van der Waals surface area contributed by atoms with Gasteiger partial charge in [0.15, 0.2) is 0 Å². The van der Waals surface area contributed by atoms with Crippen LogP contribution in [0, 0.1) is 0 Å². The van der Waals surface area contributed by atoms with Gasteiger partial charge in [-0.15, -0.1) is 11.8 Å². The number of imidazole rings is 1. The summed E-state index contributed by atoms with van der Waals surface area (Å²) in [6.07, 6.45) is 5.64. The van der Waals surface area contributed by atoms with Crippen molar-refractivity contribution in [1.82, 2.24) is 19.7 Å². The molecule has 0 aliphatic heterocycles. The number of hydrogen-bond acceptors (Lipinski definition) is 5. The highest BCUT2D eigenvalue weighted by atomic mass is 32.2. The highest BCUT2D eigenvalue weighted by Gasteiger charge is 2.14. The zero-order chi connectivity index (χ0) is 24.7. The van der Waals surface area contributed by atoms with Crippen LogP contribution in [0.2, 0.25) is 0 Å². The summed E-state index contributed by atoms with van der Waals surface area (Å²) >= 11 is 1.56. The second-order valence-corrected chi connectivity index (χ2v) is 9.04. The van der Waals surface area contributed by atoms with Gasteiger partial charge in [0.2, 0.25) is 0 Å². The maximum Gasteiger partial charge on any atom is 0.256 e. The average molecular weight is 494 g/mol. The molecule has 0 aliphatic carbocycles. The van der Waals surface area contributed by atoms with Crippen molar-refractivity contribution in [1.29, 1.82) is 0 Å². The molecule has 0 bridgehead atoms. The Balaban J connectivity index is 1.24. The quantitative estimate of drug-likeness (QED) is 0.290. The van der Waals surface area contributed by atoms with Gasteiger partial charge in [0.05, 0.1) is 23.5 Å². The number of carbonyl (C=O) groups is 2. The summed E-state index contributed by atoms with van der Waals surface area (Å²) in [6, 6.07) is 25.8. The van der Waals surface area contributed by atoms with E-state index < -0.39 is 0 Å². The minimum Gasteiger partial charge on any atom is -0.346 e. The fraction of sp³-hybridized carbons (Fsp3) is 0.0714. The van der Waals surface area contributed by atoms with Gasteiger partial charge < -0.3 is 15.0 Å². The molecule has 0 unspecified atom stereocenters. The van der Waals surface area contributed by atoms with Gasteiger partial charge >= 0.3 is 0 Å². The van der Waals surface area contributed by atoms with Gasteiger partial charge in [-0.05, 0) is 54.6 Å². The SMILES string of the molecule is O=C(NCc1ccccn1)c1cccc(NC(=O)c2ccccc2SCc2cn3ccccc3n2)c1. The molecule has 0 saturated carbocycles. The third-order valence-electron chi connectivity index (χ3n) is 5.46. The van der Waals surface area contributed by atoms with Crippen molar-refractivity contribution >= 4 is 34.9 Å². The van der Waals surface area contributed by atoms with Crippen LogP contribution in [0.3, 0.4) is 0 Å². The van der Waals surface area contributed by atoms with Crippen LogP contribution in [0.1, 0.15) is 32.1 Å². The Hall–Kier alpha value is -4.43. The highest BCUT2D eigenvalue weighted by Crippen LogP contribution is 2.27. The first-order valence-electron chi connectivity index (χ1n) is 11.4. The van der Waals surface area contributed by atoms with Crippen molar-refractivity contribution in [2.75, 3.05) is 5.32 Å². The molecule has 5 rings (SSSR count). The van der Waals surface area contributed by atoms with Crippen molar-refractivity contribution < 1.29 is 9.59 Å². The van der Waals surface area contributed by atoms with Crippen LogP contribution in [0.4, 0.5) is 5.69 Å². The van der Waals surface area contributed by atoms with E-state index in [1.54, 1.807) is 48.3 Å². The van der Waals surface area contributed by atoms with Gasteiger partial charge in [-0.1, -0.05) is 30.3 Å². The number of aromatic nitrogens is 3. The van der Waals surface area contributed by atoms with Crippen LogP contribution in [-0.2, 0) is 12.3 Å². The maximum absolute atomic E-state index is 13.1. The first-order chi connectivity index (χ1) is 17.7. The third-order valence-corrected chi connectivity index (χ3v) is 6.57. The molecule has 8 heteroatoms. The zero-order valence-corrected chi connectivity index (χ0v) is 20.1. The minimum atomic E-state index is -0.237. The molecule has 0 atom stereocenters. The number of amides is 2. The molecule has 3 heterocycles. The minimum absolute atomic E-state index is 0.236. The van der Waals surface area contributed by atoms with Crippen LogP contribution >= 0.6 is 11.8 Å². The molecule has 7 nitrogen and oxygen atoms in total. The highest BCUT2D eigenvalue weighted by molar-refractivity contribution is 7.98. The molecule has 2 N–H and O–H groups in total. The monoisotopic (exact) mass is 493 g/mol. The predicted octanol–water partition coefficient (Wildman–Crippen LogP) is 5.20.